The van der Waals surface area contributed by atoms with E-state index >= 15 is 0 Å². The zero-order chi connectivity index (χ0) is 13.1. The molecule has 1 atom stereocenters. The monoisotopic (exact) mass is 244 g/mol. The minimum Gasteiger partial charge on any atom is -0.481 e. The average molecular weight is 244 g/mol. The number of rotatable bonds is 3. The molecule has 0 radical (unpaired) electrons. The van der Waals surface area contributed by atoms with Crippen LogP contribution in [0.2, 0.25) is 0 Å². The standard InChI is InChI=1S/C15H13FO2/c1-10(15(17)18)11-5-4-6-12(9-11)13-7-2-3-8-14(13)16/h2-10H,1H3,(H,17,18). The van der Waals surface area contributed by atoms with Gasteiger partial charge in [0.1, 0.15) is 5.82 Å². The Morgan fingerprint density at radius 3 is 2.56 bits per heavy atom. The van der Waals surface area contributed by atoms with Crippen molar-refractivity contribution in [1.29, 1.82) is 0 Å². The van der Waals surface area contributed by atoms with Gasteiger partial charge in [-0.1, -0.05) is 42.5 Å². The van der Waals surface area contributed by atoms with Gasteiger partial charge in [0.2, 0.25) is 0 Å². The van der Waals surface area contributed by atoms with E-state index in [1.807, 2.05) is 0 Å². The van der Waals surface area contributed by atoms with E-state index < -0.39 is 11.9 Å². The van der Waals surface area contributed by atoms with Crippen LogP contribution in [0.25, 0.3) is 11.1 Å². The van der Waals surface area contributed by atoms with Gasteiger partial charge < -0.3 is 5.11 Å². The minimum absolute atomic E-state index is 0.308. The molecule has 0 spiro atoms. The summed E-state index contributed by atoms with van der Waals surface area (Å²) in [5.41, 5.74) is 1.85. The van der Waals surface area contributed by atoms with Crippen molar-refractivity contribution in [3.05, 3.63) is 59.9 Å². The second-order valence-corrected chi connectivity index (χ2v) is 4.17. The first kappa shape index (κ1) is 12.3. The highest BCUT2D eigenvalue weighted by atomic mass is 19.1. The fourth-order valence-corrected chi connectivity index (χ4v) is 1.81. The summed E-state index contributed by atoms with van der Waals surface area (Å²) in [4.78, 5) is 10.9. The van der Waals surface area contributed by atoms with Crippen LogP contribution in [0.5, 0.6) is 0 Å². The molecule has 0 saturated carbocycles. The largest absolute Gasteiger partial charge is 0.481 e. The van der Waals surface area contributed by atoms with Gasteiger partial charge in [-0.3, -0.25) is 4.79 Å². The van der Waals surface area contributed by atoms with Crippen LogP contribution in [-0.2, 0) is 4.79 Å². The highest BCUT2D eigenvalue weighted by Gasteiger charge is 2.14. The van der Waals surface area contributed by atoms with E-state index in [2.05, 4.69) is 0 Å². The fourth-order valence-electron chi connectivity index (χ4n) is 1.81. The third kappa shape index (κ3) is 2.40. The van der Waals surface area contributed by atoms with E-state index in [0.717, 1.165) is 0 Å². The van der Waals surface area contributed by atoms with Gasteiger partial charge in [-0.15, -0.1) is 0 Å². The van der Waals surface area contributed by atoms with Crippen molar-refractivity contribution in [3.63, 3.8) is 0 Å². The molecule has 2 aromatic rings. The fraction of sp³-hybridized carbons (Fsp3) is 0.133. The molecule has 3 heteroatoms. The maximum atomic E-state index is 13.7. The van der Waals surface area contributed by atoms with Crippen molar-refractivity contribution in [2.75, 3.05) is 0 Å². The lowest BCUT2D eigenvalue weighted by Gasteiger charge is -2.09. The molecule has 92 valence electrons. The highest BCUT2D eigenvalue weighted by Crippen LogP contribution is 2.26. The third-order valence-corrected chi connectivity index (χ3v) is 2.94. The Morgan fingerprint density at radius 2 is 1.89 bits per heavy atom. The second kappa shape index (κ2) is 5.00. The van der Waals surface area contributed by atoms with Crippen molar-refractivity contribution in [2.24, 2.45) is 0 Å². The van der Waals surface area contributed by atoms with Crippen LogP contribution in [0.1, 0.15) is 18.4 Å². The van der Waals surface area contributed by atoms with E-state index in [-0.39, 0.29) is 5.82 Å². The first-order valence-corrected chi connectivity index (χ1v) is 5.67. The summed E-state index contributed by atoms with van der Waals surface area (Å²) in [5.74, 6) is -1.80. The normalized spacial score (nSPS) is 12.1. The van der Waals surface area contributed by atoms with Gasteiger partial charge in [0.25, 0.3) is 0 Å². The van der Waals surface area contributed by atoms with Gasteiger partial charge in [0.05, 0.1) is 5.92 Å². The Kier molecular flexibility index (Phi) is 3.42. The molecule has 0 heterocycles. The maximum Gasteiger partial charge on any atom is 0.310 e. The first-order chi connectivity index (χ1) is 8.59. The maximum absolute atomic E-state index is 13.7. The van der Waals surface area contributed by atoms with Gasteiger partial charge in [-0.25, -0.2) is 4.39 Å². The smallest absolute Gasteiger partial charge is 0.310 e. The molecular weight excluding hydrogens is 231 g/mol. The Balaban J connectivity index is 2.45. The molecule has 2 rings (SSSR count). The molecule has 0 aromatic heterocycles. The predicted molar refractivity (Wildman–Crippen MR) is 67.9 cm³/mol. The van der Waals surface area contributed by atoms with E-state index in [9.17, 15) is 9.18 Å². The number of halogens is 1. The van der Waals surface area contributed by atoms with Gasteiger partial charge in [0.15, 0.2) is 0 Å². The Labute approximate surface area is 105 Å². The lowest BCUT2D eigenvalue weighted by atomic mass is 9.96. The summed E-state index contributed by atoms with van der Waals surface area (Å²) in [6, 6.07) is 13.4. The minimum atomic E-state index is -0.888. The molecule has 0 aliphatic carbocycles. The molecule has 0 amide bonds. The molecule has 0 fully saturated rings. The SMILES string of the molecule is CC(C(=O)O)c1cccc(-c2ccccc2F)c1. The predicted octanol–water partition coefficient (Wildman–Crippen LogP) is 3.68. The van der Waals surface area contributed by atoms with Crippen LogP contribution in [0, 0.1) is 5.82 Å². The molecule has 0 aliphatic heterocycles. The molecule has 1 N–H and O–H groups in total. The number of carboxylic acids is 1. The molecule has 2 nitrogen and oxygen atoms in total. The number of benzene rings is 2. The molecule has 0 bridgehead atoms. The summed E-state index contributed by atoms with van der Waals surface area (Å²) in [7, 11) is 0. The average Bonchev–Trinajstić information content (AvgIpc) is 2.38. The summed E-state index contributed by atoms with van der Waals surface area (Å²) >= 11 is 0. The van der Waals surface area contributed by atoms with Crippen molar-refractivity contribution in [2.45, 2.75) is 12.8 Å². The summed E-state index contributed by atoms with van der Waals surface area (Å²) in [6.45, 7) is 1.61. The number of carboxylic acid groups (broad SMARTS) is 1. The highest BCUT2D eigenvalue weighted by molar-refractivity contribution is 5.76. The Morgan fingerprint density at radius 1 is 1.17 bits per heavy atom. The van der Waals surface area contributed by atoms with Crippen LogP contribution >= 0.6 is 0 Å². The number of carbonyl (C=O) groups is 1. The van der Waals surface area contributed by atoms with Crippen LogP contribution in [0.3, 0.4) is 0 Å². The lowest BCUT2D eigenvalue weighted by Crippen LogP contribution is -2.07. The number of aliphatic carboxylic acids is 1. The summed E-state index contributed by atoms with van der Waals surface area (Å²) in [5, 5.41) is 8.98. The van der Waals surface area contributed by atoms with E-state index in [1.54, 1.807) is 49.4 Å². The van der Waals surface area contributed by atoms with Crippen LogP contribution in [0.4, 0.5) is 4.39 Å². The third-order valence-electron chi connectivity index (χ3n) is 2.94. The Bertz CT molecular complexity index is 578. The molecule has 1 unspecified atom stereocenters. The summed E-state index contributed by atoms with van der Waals surface area (Å²) < 4.78 is 13.7. The van der Waals surface area contributed by atoms with Crippen molar-refractivity contribution < 1.29 is 14.3 Å². The second-order valence-electron chi connectivity index (χ2n) is 4.17. The van der Waals surface area contributed by atoms with Crippen LogP contribution in [0.15, 0.2) is 48.5 Å². The quantitative estimate of drug-likeness (QED) is 0.894. The Hall–Kier alpha value is -2.16. The van der Waals surface area contributed by atoms with Crippen LogP contribution < -0.4 is 0 Å². The number of hydrogen-bond donors (Lipinski definition) is 1. The zero-order valence-electron chi connectivity index (χ0n) is 9.93. The molecule has 0 aliphatic rings. The van der Waals surface area contributed by atoms with E-state index in [4.69, 9.17) is 5.11 Å². The van der Waals surface area contributed by atoms with Gasteiger partial charge >= 0.3 is 5.97 Å². The molecule has 2 aromatic carbocycles. The van der Waals surface area contributed by atoms with Gasteiger partial charge in [-0.05, 0) is 24.1 Å². The van der Waals surface area contributed by atoms with Crippen molar-refractivity contribution in [1.82, 2.24) is 0 Å². The zero-order valence-corrected chi connectivity index (χ0v) is 9.93. The molecular formula is C15H13FO2. The van der Waals surface area contributed by atoms with Crippen molar-refractivity contribution in [3.8, 4) is 11.1 Å². The topological polar surface area (TPSA) is 37.3 Å². The van der Waals surface area contributed by atoms with Gasteiger partial charge in [-0.2, -0.15) is 0 Å². The van der Waals surface area contributed by atoms with Crippen molar-refractivity contribution >= 4 is 5.97 Å². The summed E-state index contributed by atoms with van der Waals surface area (Å²) in [6.07, 6.45) is 0. The van der Waals surface area contributed by atoms with E-state index in [0.29, 0.717) is 16.7 Å². The van der Waals surface area contributed by atoms with Crippen LogP contribution in [-0.4, -0.2) is 11.1 Å². The first-order valence-electron chi connectivity index (χ1n) is 5.67. The number of hydrogen-bond acceptors (Lipinski definition) is 1. The molecule has 0 saturated heterocycles. The van der Waals surface area contributed by atoms with Gasteiger partial charge in [0, 0.05) is 5.56 Å². The lowest BCUT2D eigenvalue weighted by molar-refractivity contribution is -0.138. The molecule has 18 heavy (non-hydrogen) atoms. The van der Waals surface area contributed by atoms with E-state index in [1.165, 1.54) is 6.07 Å².